The average Bonchev–Trinajstić information content (AvgIpc) is 2.64. The maximum Gasteiger partial charge on any atom is 0.416 e. The van der Waals surface area contributed by atoms with Gasteiger partial charge in [0.2, 0.25) is 5.91 Å². The molecule has 0 spiro atoms. The number of benzene rings is 2. The Morgan fingerprint density at radius 3 is 2.44 bits per heavy atom. The van der Waals surface area contributed by atoms with Crippen molar-refractivity contribution in [3.05, 3.63) is 53.6 Å². The maximum atomic E-state index is 12.7. The number of rotatable bonds is 8. The highest BCUT2D eigenvalue weighted by Crippen LogP contribution is 2.30. The van der Waals surface area contributed by atoms with E-state index in [1.807, 2.05) is 12.1 Å². The molecule has 1 amide bonds. The van der Waals surface area contributed by atoms with Gasteiger partial charge in [-0.25, -0.2) is 0 Å². The summed E-state index contributed by atoms with van der Waals surface area (Å²) >= 11 is 0. The number of ether oxygens (including phenoxy) is 2. The highest BCUT2D eigenvalue weighted by Gasteiger charge is 2.30. The molecule has 0 saturated carbocycles. The maximum absolute atomic E-state index is 12.7. The van der Waals surface area contributed by atoms with Crippen molar-refractivity contribution < 1.29 is 27.4 Å². The first-order chi connectivity index (χ1) is 12.8. The minimum Gasteiger partial charge on any atom is -0.493 e. The number of hydrogen-bond donors (Lipinski definition) is 2. The molecule has 0 heterocycles. The van der Waals surface area contributed by atoms with Crippen LogP contribution in [0.15, 0.2) is 42.5 Å². The lowest BCUT2D eigenvalue weighted by atomic mass is 10.2. The Morgan fingerprint density at radius 2 is 1.78 bits per heavy atom. The number of amides is 1. The zero-order valence-corrected chi connectivity index (χ0v) is 15.0. The normalized spacial score (nSPS) is 11.1. The molecule has 2 aromatic carbocycles. The summed E-state index contributed by atoms with van der Waals surface area (Å²) in [6.07, 6.45) is -4.31. The van der Waals surface area contributed by atoms with E-state index in [9.17, 15) is 18.0 Å². The second-order valence-corrected chi connectivity index (χ2v) is 5.74. The van der Waals surface area contributed by atoms with Crippen LogP contribution in [0.1, 0.15) is 17.5 Å². The molecule has 0 atom stereocenters. The largest absolute Gasteiger partial charge is 0.493 e. The predicted octanol–water partition coefficient (Wildman–Crippen LogP) is 3.84. The van der Waals surface area contributed by atoms with E-state index in [1.54, 1.807) is 20.3 Å². The monoisotopic (exact) mass is 382 g/mol. The molecule has 0 bridgehead atoms. The Kier molecular flexibility index (Phi) is 7.06. The summed E-state index contributed by atoms with van der Waals surface area (Å²) in [5.41, 5.74) is 0.271. The topological polar surface area (TPSA) is 59.6 Å². The fraction of sp³-hybridized carbons (Fsp3) is 0.316. The van der Waals surface area contributed by atoms with Crippen LogP contribution in [-0.4, -0.2) is 26.7 Å². The first-order valence-electron chi connectivity index (χ1n) is 8.22. The Hall–Kier alpha value is -2.74. The standard InChI is InChI=1S/C19H21F3N2O3/c1-26-16-7-6-13(10-17(16)27-2)12-23-9-8-18(25)24-15-5-3-4-14(11-15)19(20,21)22/h3-7,10-11,23H,8-9,12H2,1-2H3,(H,24,25). The summed E-state index contributed by atoms with van der Waals surface area (Å²) in [5.74, 6) is 0.870. The molecule has 0 saturated heterocycles. The Morgan fingerprint density at radius 1 is 1.04 bits per heavy atom. The summed E-state index contributed by atoms with van der Waals surface area (Å²) < 4.78 is 48.4. The average molecular weight is 382 g/mol. The highest BCUT2D eigenvalue weighted by atomic mass is 19.4. The van der Waals surface area contributed by atoms with Crippen LogP contribution in [0.25, 0.3) is 0 Å². The van der Waals surface area contributed by atoms with Gasteiger partial charge in [0.05, 0.1) is 19.8 Å². The van der Waals surface area contributed by atoms with E-state index in [0.29, 0.717) is 24.6 Å². The number of hydrogen-bond acceptors (Lipinski definition) is 4. The third-order valence-electron chi connectivity index (χ3n) is 3.78. The number of methoxy groups -OCH3 is 2. The van der Waals surface area contributed by atoms with Gasteiger partial charge in [0.1, 0.15) is 0 Å². The first-order valence-corrected chi connectivity index (χ1v) is 8.22. The van der Waals surface area contributed by atoms with Crippen molar-refractivity contribution in [3.63, 3.8) is 0 Å². The van der Waals surface area contributed by atoms with E-state index in [0.717, 1.165) is 17.7 Å². The second kappa shape index (κ2) is 9.27. The van der Waals surface area contributed by atoms with E-state index < -0.39 is 11.7 Å². The Labute approximate surface area is 155 Å². The summed E-state index contributed by atoms with van der Waals surface area (Å²) in [5, 5.41) is 5.58. The lowest BCUT2D eigenvalue weighted by molar-refractivity contribution is -0.137. The van der Waals surface area contributed by atoms with E-state index in [4.69, 9.17) is 9.47 Å². The summed E-state index contributed by atoms with van der Waals surface area (Å²) in [6, 6.07) is 10.0. The van der Waals surface area contributed by atoms with E-state index >= 15 is 0 Å². The fourth-order valence-corrected chi connectivity index (χ4v) is 2.42. The molecule has 0 unspecified atom stereocenters. The van der Waals surface area contributed by atoms with E-state index in [2.05, 4.69) is 10.6 Å². The summed E-state index contributed by atoms with van der Waals surface area (Å²) in [7, 11) is 3.10. The van der Waals surface area contributed by atoms with Crippen LogP contribution in [0.3, 0.4) is 0 Å². The van der Waals surface area contributed by atoms with Gasteiger partial charge in [-0.15, -0.1) is 0 Å². The SMILES string of the molecule is COc1ccc(CNCCC(=O)Nc2cccc(C(F)(F)F)c2)cc1OC. The van der Waals surface area contributed by atoms with Crippen molar-refractivity contribution in [3.8, 4) is 11.5 Å². The molecule has 0 fully saturated rings. The van der Waals surface area contributed by atoms with Crippen LogP contribution < -0.4 is 20.1 Å². The molecule has 2 N–H and O–H groups in total. The molecule has 0 aliphatic carbocycles. The number of carbonyl (C=O) groups is 1. The quantitative estimate of drug-likeness (QED) is 0.681. The van der Waals surface area contributed by atoms with Gasteiger partial charge in [-0.3, -0.25) is 4.79 Å². The zero-order chi connectivity index (χ0) is 19.9. The van der Waals surface area contributed by atoms with Gasteiger partial charge < -0.3 is 20.1 Å². The van der Waals surface area contributed by atoms with Gasteiger partial charge in [0.15, 0.2) is 11.5 Å². The summed E-state index contributed by atoms with van der Waals surface area (Å²) in [4.78, 5) is 11.9. The van der Waals surface area contributed by atoms with Crippen molar-refractivity contribution in [1.82, 2.24) is 5.32 Å². The van der Waals surface area contributed by atoms with Crippen molar-refractivity contribution in [1.29, 1.82) is 0 Å². The molecule has 0 aliphatic heterocycles. The molecule has 0 radical (unpaired) electrons. The molecule has 0 aliphatic rings. The molecule has 2 aromatic rings. The van der Waals surface area contributed by atoms with Gasteiger partial charge in [0.25, 0.3) is 0 Å². The zero-order valence-electron chi connectivity index (χ0n) is 15.0. The third-order valence-corrected chi connectivity index (χ3v) is 3.78. The van der Waals surface area contributed by atoms with Crippen LogP contribution in [0.4, 0.5) is 18.9 Å². The van der Waals surface area contributed by atoms with Gasteiger partial charge >= 0.3 is 6.18 Å². The van der Waals surface area contributed by atoms with Crippen molar-refractivity contribution in [2.45, 2.75) is 19.1 Å². The Bertz CT molecular complexity index is 779. The van der Waals surface area contributed by atoms with Crippen molar-refractivity contribution in [2.24, 2.45) is 0 Å². The molecule has 0 aromatic heterocycles. The third kappa shape index (κ3) is 6.18. The van der Waals surface area contributed by atoms with Gasteiger partial charge in [-0.2, -0.15) is 13.2 Å². The molecular weight excluding hydrogens is 361 g/mol. The molecule has 2 rings (SSSR count). The van der Waals surface area contributed by atoms with Crippen molar-refractivity contribution in [2.75, 3.05) is 26.1 Å². The minimum atomic E-state index is -4.44. The van der Waals surface area contributed by atoms with Crippen LogP contribution >= 0.6 is 0 Å². The number of halogens is 3. The van der Waals surface area contributed by atoms with Gasteiger partial charge in [-0.05, 0) is 35.9 Å². The van der Waals surface area contributed by atoms with Crippen LogP contribution in [0, 0.1) is 0 Å². The molecule has 5 nitrogen and oxygen atoms in total. The minimum absolute atomic E-state index is 0.120. The Balaban J connectivity index is 1.80. The second-order valence-electron chi connectivity index (χ2n) is 5.74. The highest BCUT2D eigenvalue weighted by molar-refractivity contribution is 5.90. The molecule has 146 valence electrons. The smallest absolute Gasteiger partial charge is 0.416 e. The van der Waals surface area contributed by atoms with Crippen LogP contribution in [0.2, 0.25) is 0 Å². The lowest BCUT2D eigenvalue weighted by Gasteiger charge is -2.11. The first kappa shape index (κ1) is 20.6. The fourth-order valence-electron chi connectivity index (χ4n) is 2.42. The molecule has 27 heavy (non-hydrogen) atoms. The van der Waals surface area contributed by atoms with E-state index in [-0.39, 0.29) is 18.0 Å². The van der Waals surface area contributed by atoms with Crippen molar-refractivity contribution >= 4 is 11.6 Å². The molecular formula is C19H21F3N2O3. The number of carbonyl (C=O) groups excluding carboxylic acids is 1. The predicted molar refractivity (Wildman–Crippen MR) is 95.9 cm³/mol. The number of anilines is 1. The summed E-state index contributed by atoms with van der Waals surface area (Å²) in [6.45, 7) is 0.885. The van der Waals surface area contributed by atoms with Gasteiger partial charge in [0, 0.05) is 25.2 Å². The van der Waals surface area contributed by atoms with E-state index in [1.165, 1.54) is 12.1 Å². The van der Waals surface area contributed by atoms with Crippen LogP contribution in [-0.2, 0) is 17.5 Å². The number of alkyl halides is 3. The lowest BCUT2D eigenvalue weighted by Crippen LogP contribution is -2.21. The van der Waals surface area contributed by atoms with Crippen LogP contribution in [0.5, 0.6) is 11.5 Å². The molecule has 8 heteroatoms. The van der Waals surface area contributed by atoms with Gasteiger partial charge in [-0.1, -0.05) is 12.1 Å². The number of nitrogens with one attached hydrogen (secondary N) is 2.